The molecule has 1 aliphatic heterocycles. The summed E-state index contributed by atoms with van der Waals surface area (Å²) in [5.74, 6) is -2.89. The summed E-state index contributed by atoms with van der Waals surface area (Å²) in [5, 5.41) is 19.7. The van der Waals surface area contributed by atoms with Crippen LogP contribution in [0.5, 0.6) is 0 Å². The Labute approximate surface area is 102 Å². The summed E-state index contributed by atoms with van der Waals surface area (Å²) in [6, 6.07) is 0. The van der Waals surface area contributed by atoms with Crippen LogP contribution in [0.25, 0.3) is 0 Å². The lowest BCUT2D eigenvalue weighted by atomic mass is 10.1. The number of ether oxygens (including phenoxy) is 1. The van der Waals surface area contributed by atoms with E-state index in [-0.39, 0.29) is 19.8 Å². The van der Waals surface area contributed by atoms with Gasteiger partial charge in [-0.05, 0) is 0 Å². The minimum absolute atomic E-state index is 0.182. The molecule has 1 fully saturated rings. The van der Waals surface area contributed by atoms with E-state index in [4.69, 9.17) is 20.8 Å². The second kappa shape index (κ2) is 6.21. The molecule has 2 atom stereocenters. The number of nitrogens with zero attached hydrogens (tertiary/aromatic N) is 2. The molecule has 6 nitrogen and oxygen atoms in total. The molecule has 1 aliphatic rings. The number of aliphatic hydroxyl groups excluding tert-OH is 1. The molecule has 1 saturated heterocycles. The summed E-state index contributed by atoms with van der Waals surface area (Å²) in [4.78, 5) is 1.47. The molecule has 1 rings (SSSR count). The van der Waals surface area contributed by atoms with Crippen LogP contribution in [0.2, 0.25) is 0 Å². The lowest BCUT2D eigenvalue weighted by Gasteiger charge is -2.34. The second-order valence-electron chi connectivity index (χ2n) is 4.05. The van der Waals surface area contributed by atoms with Crippen LogP contribution >= 0.6 is 0 Å². The lowest BCUT2D eigenvalue weighted by Crippen LogP contribution is -2.50. The molecular weight excluding hydrogens is 255 g/mol. The zero-order valence-electron chi connectivity index (χ0n) is 9.60. The molecule has 2 unspecified atom stereocenters. The summed E-state index contributed by atoms with van der Waals surface area (Å²) < 4.78 is 43.3. The smallest absolute Gasteiger partial charge is 0.400 e. The van der Waals surface area contributed by atoms with Gasteiger partial charge in [0.15, 0.2) is 5.84 Å². The molecule has 0 spiro atoms. The van der Waals surface area contributed by atoms with Crippen molar-refractivity contribution in [3.8, 4) is 0 Å². The number of hydrogen-bond donors (Lipinski definition) is 3. The highest BCUT2D eigenvalue weighted by Crippen LogP contribution is 2.27. The average molecular weight is 271 g/mol. The molecule has 106 valence electrons. The van der Waals surface area contributed by atoms with Crippen LogP contribution in [-0.2, 0) is 4.74 Å². The quantitative estimate of drug-likeness (QED) is 0.280. The van der Waals surface area contributed by atoms with Gasteiger partial charge in [0.2, 0.25) is 0 Å². The Bertz CT molecular complexity index is 299. The fraction of sp³-hybridized carbons (Fsp3) is 0.889. The van der Waals surface area contributed by atoms with Gasteiger partial charge in [0.25, 0.3) is 0 Å². The van der Waals surface area contributed by atoms with Gasteiger partial charge in [-0.1, -0.05) is 5.16 Å². The van der Waals surface area contributed by atoms with Crippen molar-refractivity contribution in [2.45, 2.75) is 12.3 Å². The Morgan fingerprint density at radius 2 is 2.22 bits per heavy atom. The average Bonchev–Trinajstić information content (AvgIpc) is 2.34. The van der Waals surface area contributed by atoms with Gasteiger partial charge in [0.1, 0.15) is 5.92 Å². The fourth-order valence-electron chi connectivity index (χ4n) is 1.75. The van der Waals surface area contributed by atoms with Crippen molar-refractivity contribution in [2.75, 3.05) is 32.8 Å². The third kappa shape index (κ3) is 4.00. The van der Waals surface area contributed by atoms with Gasteiger partial charge in [0.05, 0.1) is 19.3 Å². The van der Waals surface area contributed by atoms with Crippen LogP contribution in [0.15, 0.2) is 5.16 Å². The summed E-state index contributed by atoms with van der Waals surface area (Å²) in [6.07, 6.45) is -5.08. The van der Waals surface area contributed by atoms with Gasteiger partial charge >= 0.3 is 6.18 Å². The van der Waals surface area contributed by atoms with Gasteiger partial charge in [-0.25, -0.2) is 0 Å². The molecule has 0 radical (unpaired) electrons. The van der Waals surface area contributed by atoms with E-state index in [1.165, 1.54) is 4.90 Å². The van der Waals surface area contributed by atoms with Crippen LogP contribution in [0, 0.1) is 5.92 Å². The minimum atomic E-state index is -4.58. The number of amidine groups is 1. The van der Waals surface area contributed by atoms with Crippen molar-refractivity contribution in [3.63, 3.8) is 0 Å². The number of nitrogens with two attached hydrogens (primary N) is 1. The third-order valence-electron chi connectivity index (χ3n) is 2.73. The first-order valence-corrected chi connectivity index (χ1v) is 5.37. The highest BCUT2D eigenvalue weighted by Gasteiger charge is 2.44. The maximum atomic E-state index is 12.7. The van der Waals surface area contributed by atoms with E-state index < -0.39 is 30.6 Å². The van der Waals surface area contributed by atoms with Gasteiger partial charge in [0, 0.05) is 19.6 Å². The SMILES string of the molecule is NC(=NO)C(CN1CCOC(CO)C1)C(F)(F)F. The Kier molecular flexibility index (Phi) is 5.17. The van der Waals surface area contributed by atoms with Crippen molar-refractivity contribution in [2.24, 2.45) is 16.8 Å². The van der Waals surface area contributed by atoms with Crippen molar-refractivity contribution in [1.82, 2.24) is 4.90 Å². The monoisotopic (exact) mass is 271 g/mol. The minimum Gasteiger partial charge on any atom is -0.409 e. The molecule has 18 heavy (non-hydrogen) atoms. The highest BCUT2D eigenvalue weighted by molar-refractivity contribution is 5.83. The van der Waals surface area contributed by atoms with Crippen LogP contribution in [0.1, 0.15) is 0 Å². The largest absolute Gasteiger partial charge is 0.409 e. The van der Waals surface area contributed by atoms with E-state index in [1.807, 2.05) is 0 Å². The number of halogens is 3. The summed E-state index contributed by atoms with van der Waals surface area (Å²) in [5.41, 5.74) is 5.06. The van der Waals surface area contributed by atoms with Gasteiger partial charge < -0.3 is 20.8 Å². The van der Waals surface area contributed by atoms with Crippen molar-refractivity contribution < 1.29 is 28.2 Å². The molecular formula is C9H16F3N3O3. The molecule has 1 heterocycles. The summed E-state index contributed by atoms with van der Waals surface area (Å²) >= 11 is 0. The topological polar surface area (TPSA) is 91.3 Å². The van der Waals surface area contributed by atoms with E-state index in [0.29, 0.717) is 6.54 Å². The van der Waals surface area contributed by atoms with Crippen LogP contribution < -0.4 is 5.73 Å². The molecule has 4 N–H and O–H groups in total. The van der Waals surface area contributed by atoms with E-state index in [9.17, 15) is 13.2 Å². The summed E-state index contributed by atoms with van der Waals surface area (Å²) in [7, 11) is 0. The van der Waals surface area contributed by atoms with Crippen LogP contribution in [0.3, 0.4) is 0 Å². The maximum Gasteiger partial charge on any atom is 0.400 e. The highest BCUT2D eigenvalue weighted by atomic mass is 19.4. The lowest BCUT2D eigenvalue weighted by molar-refractivity contribution is -0.164. The first kappa shape index (κ1) is 15.0. The molecule has 0 aromatic carbocycles. The molecule has 0 amide bonds. The van der Waals surface area contributed by atoms with E-state index in [2.05, 4.69) is 5.16 Å². The predicted molar refractivity (Wildman–Crippen MR) is 56.2 cm³/mol. The van der Waals surface area contributed by atoms with Crippen molar-refractivity contribution in [1.29, 1.82) is 0 Å². The fourth-order valence-corrected chi connectivity index (χ4v) is 1.75. The first-order valence-electron chi connectivity index (χ1n) is 5.37. The molecule has 0 aromatic rings. The zero-order chi connectivity index (χ0) is 13.8. The van der Waals surface area contributed by atoms with Crippen LogP contribution in [0.4, 0.5) is 13.2 Å². The summed E-state index contributed by atoms with van der Waals surface area (Å²) in [6.45, 7) is 0.0611. The van der Waals surface area contributed by atoms with Gasteiger partial charge in [-0.2, -0.15) is 13.2 Å². The Balaban J connectivity index is 2.66. The number of rotatable bonds is 4. The normalized spacial score (nSPS) is 25.1. The first-order chi connectivity index (χ1) is 8.38. The van der Waals surface area contributed by atoms with Gasteiger partial charge in [-0.3, -0.25) is 4.90 Å². The Hall–Kier alpha value is -1.06. The Morgan fingerprint density at radius 3 is 2.72 bits per heavy atom. The van der Waals surface area contributed by atoms with E-state index in [0.717, 1.165) is 0 Å². The van der Waals surface area contributed by atoms with E-state index in [1.54, 1.807) is 0 Å². The second-order valence-corrected chi connectivity index (χ2v) is 4.05. The number of alkyl halides is 3. The number of hydrogen-bond acceptors (Lipinski definition) is 5. The van der Waals surface area contributed by atoms with Gasteiger partial charge in [-0.15, -0.1) is 0 Å². The molecule has 0 bridgehead atoms. The predicted octanol–water partition coefficient (Wildman–Crippen LogP) is -0.396. The number of oxime groups is 1. The van der Waals surface area contributed by atoms with Crippen molar-refractivity contribution >= 4 is 5.84 Å². The standard InChI is InChI=1S/C9H16F3N3O3/c10-9(11,12)7(8(13)14-17)4-15-1-2-18-6(3-15)5-16/h6-7,16-17H,1-5H2,(H2,13,14). The molecule has 0 saturated carbocycles. The molecule has 9 heteroatoms. The van der Waals surface area contributed by atoms with Crippen molar-refractivity contribution in [3.05, 3.63) is 0 Å². The molecule has 0 aliphatic carbocycles. The third-order valence-corrected chi connectivity index (χ3v) is 2.73. The zero-order valence-corrected chi connectivity index (χ0v) is 9.60. The van der Waals surface area contributed by atoms with E-state index >= 15 is 0 Å². The number of morpholine rings is 1. The Morgan fingerprint density at radius 1 is 1.56 bits per heavy atom. The molecule has 0 aromatic heterocycles. The number of aliphatic hydroxyl groups is 1. The van der Waals surface area contributed by atoms with Crippen LogP contribution in [-0.4, -0.2) is 66.2 Å². The maximum absolute atomic E-state index is 12.7.